The van der Waals surface area contributed by atoms with Gasteiger partial charge in [-0.2, -0.15) is 0 Å². The third kappa shape index (κ3) is 3.25. The van der Waals surface area contributed by atoms with Gasteiger partial charge in [0.05, 0.1) is 11.3 Å². The molecule has 5 nitrogen and oxygen atoms in total. The van der Waals surface area contributed by atoms with Crippen LogP contribution in [0.5, 0.6) is 0 Å². The van der Waals surface area contributed by atoms with Crippen LogP contribution in [-0.4, -0.2) is 32.3 Å². The predicted octanol–water partition coefficient (Wildman–Crippen LogP) is 5.00. The first-order chi connectivity index (χ1) is 15.0. The normalized spacial score (nSPS) is 30.2. The predicted molar refractivity (Wildman–Crippen MR) is 124 cm³/mol. The van der Waals surface area contributed by atoms with E-state index in [1.807, 2.05) is 6.07 Å². The van der Waals surface area contributed by atoms with Crippen molar-refractivity contribution >= 4 is 34.2 Å². The van der Waals surface area contributed by atoms with E-state index in [4.69, 9.17) is 0 Å². The number of benzene rings is 1. The van der Waals surface area contributed by atoms with E-state index in [1.54, 1.807) is 0 Å². The van der Waals surface area contributed by atoms with Crippen LogP contribution >= 0.6 is 11.8 Å². The Labute approximate surface area is 187 Å². The van der Waals surface area contributed by atoms with Crippen LogP contribution in [0.1, 0.15) is 51.0 Å². The molecule has 7 rings (SSSR count). The Morgan fingerprint density at radius 2 is 1.84 bits per heavy atom. The zero-order valence-corrected chi connectivity index (χ0v) is 19.1. The van der Waals surface area contributed by atoms with Crippen molar-refractivity contribution in [3.8, 4) is 0 Å². The van der Waals surface area contributed by atoms with E-state index in [-0.39, 0.29) is 11.9 Å². The molecule has 2 aromatic heterocycles. The number of pyridine rings is 1. The molecule has 4 aliphatic rings. The highest BCUT2D eigenvalue weighted by atomic mass is 32.2. The maximum absolute atomic E-state index is 12.9. The lowest BCUT2D eigenvalue weighted by atomic mass is 9.48. The highest BCUT2D eigenvalue weighted by Crippen LogP contribution is 2.61. The van der Waals surface area contributed by atoms with Crippen LogP contribution < -0.4 is 5.32 Å². The lowest BCUT2D eigenvalue weighted by Gasteiger charge is -2.59. The van der Waals surface area contributed by atoms with Crippen molar-refractivity contribution in [1.29, 1.82) is 0 Å². The lowest BCUT2D eigenvalue weighted by molar-refractivity contribution is -0.123. The van der Waals surface area contributed by atoms with Crippen molar-refractivity contribution in [3.63, 3.8) is 0 Å². The van der Waals surface area contributed by atoms with Gasteiger partial charge in [-0.05, 0) is 93.2 Å². The second-order valence-electron chi connectivity index (χ2n) is 10.4. The molecule has 1 amide bonds. The molecular formula is C25H30N4OS. The van der Waals surface area contributed by atoms with Crippen molar-refractivity contribution < 1.29 is 4.79 Å². The highest BCUT2D eigenvalue weighted by Gasteiger charge is 2.53. The molecule has 1 aromatic carbocycles. The van der Waals surface area contributed by atoms with Gasteiger partial charge in [-0.25, -0.2) is 0 Å². The molecule has 3 aromatic rings. The Morgan fingerprint density at radius 1 is 1.16 bits per heavy atom. The Hall–Kier alpha value is -2.08. The minimum Gasteiger partial charge on any atom is -0.352 e. The van der Waals surface area contributed by atoms with E-state index in [0.29, 0.717) is 11.2 Å². The first-order valence-corrected chi connectivity index (χ1v) is 12.6. The van der Waals surface area contributed by atoms with Gasteiger partial charge in [0.1, 0.15) is 0 Å². The summed E-state index contributed by atoms with van der Waals surface area (Å²) in [5.41, 5.74) is 3.45. The summed E-state index contributed by atoms with van der Waals surface area (Å²) in [6.45, 7) is 4.35. The molecule has 1 N–H and O–H groups in total. The molecule has 6 heteroatoms. The van der Waals surface area contributed by atoms with E-state index in [2.05, 4.69) is 58.0 Å². The van der Waals surface area contributed by atoms with Crippen molar-refractivity contribution in [1.82, 2.24) is 19.9 Å². The van der Waals surface area contributed by atoms with Crippen LogP contribution in [-0.2, 0) is 4.79 Å². The van der Waals surface area contributed by atoms with Crippen molar-refractivity contribution in [2.75, 3.05) is 5.75 Å². The molecule has 1 unspecified atom stereocenters. The molecule has 0 aliphatic heterocycles. The second kappa shape index (κ2) is 7.22. The molecule has 2 heterocycles. The Kier molecular flexibility index (Phi) is 4.57. The number of hydrogen-bond acceptors (Lipinski definition) is 4. The fourth-order valence-electron chi connectivity index (χ4n) is 7.24. The summed E-state index contributed by atoms with van der Waals surface area (Å²) in [5.74, 6) is 3.19. The van der Waals surface area contributed by atoms with E-state index in [1.165, 1.54) is 61.2 Å². The van der Waals surface area contributed by atoms with Gasteiger partial charge >= 0.3 is 0 Å². The molecule has 1 atom stereocenters. The largest absolute Gasteiger partial charge is 0.352 e. The summed E-state index contributed by atoms with van der Waals surface area (Å²) in [5, 5.41) is 14.1. The minimum absolute atomic E-state index is 0.112. The van der Waals surface area contributed by atoms with Gasteiger partial charge in [-0.3, -0.25) is 9.20 Å². The van der Waals surface area contributed by atoms with Crippen LogP contribution in [0.15, 0.2) is 35.5 Å². The SMILES string of the molecule is Cc1cc2nnc(SCC(=O)NC(C)C34CC5CC(CC(C5)C3)C4)n2c2ccccc12. The molecule has 4 fully saturated rings. The van der Waals surface area contributed by atoms with Crippen molar-refractivity contribution in [2.45, 2.75) is 63.6 Å². The molecule has 31 heavy (non-hydrogen) atoms. The number of carbonyl (C=O) groups is 1. The highest BCUT2D eigenvalue weighted by molar-refractivity contribution is 7.99. The number of rotatable bonds is 5. The standard InChI is InChI=1S/C25H30N4OS/c1-15-7-22-27-28-24(29(22)21-6-4-3-5-20(15)21)31-14-23(30)26-16(2)25-11-17-8-18(12-25)10-19(9-17)13-25/h3-7,16-19H,8-14H2,1-2H3,(H,26,30). The number of nitrogens with one attached hydrogen (secondary N) is 1. The Balaban J connectivity index is 1.17. The molecule has 4 saturated carbocycles. The summed E-state index contributed by atoms with van der Waals surface area (Å²) < 4.78 is 2.07. The molecular weight excluding hydrogens is 404 g/mol. The van der Waals surface area contributed by atoms with Gasteiger partial charge in [-0.1, -0.05) is 30.0 Å². The van der Waals surface area contributed by atoms with Crippen molar-refractivity contribution in [2.24, 2.45) is 23.2 Å². The van der Waals surface area contributed by atoms with Crippen LogP contribution in [0, 0.1) is 30.1 Å². The molecule has 0 radical (unpaired) electrons. The lowest BCUT2D eigenvalue weighted by Crippen LogP contribution is -2.56. The topological polar surface area (TPSA) is 59.3 Å². The van der Waals surface area contributed by atoms with Gasteiger partial charge in [0.25, 0.3) is 0 Å². The van der Waals surface area contributed by atoms with Gasteiger partial charge in [0, 0.05) is 11.4 Å². The number of para-hydroxylation sites is 1. The smallest absolute Gasteiger partial charge is 0.230 e. The fraction of sp³-hybridized carbons (Fsp3) is 0.560. The summed E-state index contributed by atoms with van der Waals surface area (Å²) >= 11 is 1.48. The van der Waals surface area contributed by atoms with Crippen LogP contribution in [0.4, 0.5) is 0 Å². The van der Waals surface area contributed by atoms with Gasteiger partial charge in [0.2, 0.25) is 5.91 Å². The monoisotopic (exact) mass is 434 g/mol. The fourth-order valence-corrected chi connectivity index (χ4v) is 8.01. The number of aromatic nitrogens is 3. The maximum atomic E-state index is 12.9. The number of thioether (sulfide) groups is 1. The van der Waals surface area contributed by atoms with Gasteiger partial charge in [-0.15, -0.1) is 10.2 Å². The third-order valence-electron chi connectivity index (χ3n) is 8.29. The first kappa shape index (κ1) is 19.6. The summed E-state index contributed by atoms with van der Waals surface area (Å²) in [4.78, 5) is 12.9. The van der Waals surface area contributed by atoms with E-state index < -0.39 is 0 Å². The molecule has 4 aliphatic carbocycles. The number of hydrogen-bond donors (Lipinski definition) is 1. The number of fused-ring (bicyclic) bond motifs is 3. The van der Waals surface area contributed by atoms with Crippen LogP contribution in [0.25, 0.3) is 16.6 Å². The average Bonchev–Trinajstić information content (AvgIpc) is 3.14. The minimum atomic E-state index is 0.112. The molecule has 4 bridgehead atoms. The molecule has 162 valence electrons. The molecule has 0 saturated heterocycles. The Bertz CT molecular complexity index is 1130. The van der Waals surface area contributed by atoms with Gasteiger partial charge < -0.3 is 5.32 Å². The first-order valence-electron chi connectivity index (χ1n) is 11.7. The number of nitrogens with zero attached hydrogens (tertiary/aromatic N) is 3. The van der Waals surface area contributed by atoms with E-state index >= 15 is 0 Å². The molecule has 0 spiro atoms. The third-order valence-corrected chi connectivity index (χ3v) is 9.22. The van der Waals surface area contributed by atoms with Gasteiger partial charge in [0.15, 0.2) is 10.8 Å². The number of carbonyl (C=O) groups excluding carboxylic acids is 1. The summed E-state index contributed by atoms with van der Waals surface area (Å²) in [7, 11) is 0. The van der Waals surface area contributed by atoms with Crippen molar-refractivity contribution in [3.05, 3.63) is 35.9 Å². The average molecular weight is 435 g/mol. The van der Waals surface area contributed by atoms with E-state index in [9.17, 15) is 4.79 Å². The maximum Gasteiger partial charge on any atom is 0.230 e. The van der Waals surface area contributed by atoms with E-state index in [0.717, 1.165) is 34.1 Å². The van der Waals surface area contributed by atoms with Crippen LogP contribution in [0.2, 0.25) is 0 Å². The zero-order chi connectivity index (χ0) is 21.2. The number of amides is 1. The summed E-state index contributed by atoms with van der Waals surface area (Å²) in [6.07, 6.45) is 8.24. The zero-order valence-electron chi connectivity index (χ0n) is 18.3. The van der Waals surface area contributed by atoms with Crippen LogP contribution in [0.3, 0.4) is 0 Å². The summed E-state index contributed by atoms with van der Waals surface area (Å²) in [6, 6.07) is 10.6. The number of aryl methyl sites for hydroxylation is 1. The second-order valence-corrected chi connectivity index (χ2v) is 11.3. The quantitative estimate of drug-likeness (QED) is 0.574. The Morgan fingerprint density at radius 3 is 2.55 bits per heavy atom.